The zero-order chi connectivity index (χ0) is 17.7. The Kier molecular flexibility index (Phi) is 9.37. The fourth-order valence-corrected chi connectivity index (χ4v) is 2.99. The molecule has 0 aromatic heterocycles. The smallest absolute Gasteiger partial charge is 0.191 e. The monoisotopic (exact) mass is 346 g/mol. The highest BCUT2D eigenvalue weighted by atomic mass is 16.5. The van der Waals surface area contributed by atoms with Crippen molar-refractivity contribution < 1.29 is 4.74 Å². The van der Waals surface area contributed by atoms with E-state index in [1.807, 2.05) is 6.92 Å². The molecule has 1 aromatic rings. The molecule has 1 aliphatic heterocycles. The molecule has 1 aromatic carbocycles. The average Bonchev–Trinajstić information content (AvgIpc) is 3.13. The second kappa shape index (κ2) is 11.9. The van der Waals surface area contributed by atoms with Crippen molar-refractivity contribution in [2.24, 2.45) is 4.99 Å². The number of likely N-dealkylation sites (tertiary alicyclic amines) is 1. The van der Waals surface area contributed by atoms with Crippen LogP contribution in [0.4, 0.5) is 0 Å². The number of benzene rings is 1. The lowest BCUT2D eigenvalue weighted by Gasteiger charge is -2.14. The molecular weight excluding hydrogens is 312 g/mol. The molecule has 1 heterocycles. The predicted molar refractivity (Wildman–Crippen MR) is 105 cm³/mol. The molecule has 0 radical (unpaired) electrons. The minimum absolute atomic E-state index is 0.699. The lowest BCUT2D eigenvalue weighted by Crippen LogP contribution is -2.38. The van der Waals surface area contributed by atoms with E-state index in [0.29, 0.717) is 6.54 Å². The minimum Gasteiger partial charge on any atom is -0.382 e. The molecule has 1 fully saturated rings. The molecule has 0 atom stereocenters. The highest BCUT2D eigenvalue weighted by Gasteiger charge is 2.11. The van der Waals surface area contributed by atoms with Crippen LogP contribution in [0.15, 0.2) is 29.3 Å². The third-order valence-corrected chi connectivity index (χ3v) is 4.35. The van der Waals surface area contributed by atoms with Gasteiger partial charge in [0.1, 0.15) is 0 Å². The Morgan fingerprint density at radius 2 is 1.80 bits per heavy atom. The lowest BCUT2D eigenvalue weighted by atomic mass is 10.1. The van der Waals surface area contributed by atoms with Crippen LogP contribution in [-0.4, -0.2) is 50.3 Å². The van der Waals surface area contributed by atoms with E-state index in [0.717, 1.165) is 45.2 Å². The lowest BCUT2D eigenvalue weighted by molar-refractivity contribution is 0.145. The molecule has 2 N–H and O–H groups in total. The molecular formula is C20H34N4O. The quantitative estimate of drug-likeness (QED) is 0.389. The summed E-state index contributed by atoms with van der Waals surface area (Å²) in [5.74, 6) is 0.875. The Morgan fingerprint density at radius 3 is 2.48 bits per heavy atom. The van der Waals surface area contributed by atoms with Gasteiger partial charge in [0.2, 0.25) is 0 Å². The SMILES string of the molecule is CCNC(=NCc1ccc(CN2CCCC2)cc1)NCCCOCC. The number of nitrogens with one attached hydrogen (secondary N) is 2. The van der Waals surface area contributed by atoms with Gasteiger partial charge in [0.25, 0.3) is 0 Å². The molecule has 0 aliphatic carbocycles. The summed E-state index contributed by atoms with van der Waals surface area (Å²) in [4.78, 5) is 7.21. The molecule has 25 heavy (non-hydrogen) atoms. The average molecular weight is 347 g/mol. The zero-order valence-electron chi connectivity index (χ0n) is 15.9. The number of ether oxygens (including phenoxy) is 1. The van der Waals surface area contributed by atoms with Gasteiger partial charge in [-0.15, -0.1) is 0 Å². The molecule has 0 saturated carbocycles. The first-order valence-corrected chi connectivity index (χ1v) is 9.72. The predicted octanol–water partition coefficient (Wildman–Crippen LogP) is 2.76. The highest BCUT2D eigenvalue weighted by Crippen LogP contribution is 2.13. The summed E-state index contributed by atoms with van der Waals surface area (Å²) in [5, 5.41) is 6.66. The molecule has 5 nitrogen and oxygen atoms in total. The van der Waals surface area contributed by atoms with Crippen molar-refractivity contribution in [1.82, 2.24) is 15.5 Å². The van der Waals surface area contributed by atoms with Gasteiger partial charge in [-0.05, 0) is 57.3 Å². The van der Waals surface area contributed by atoms with Gasteiger partial charge in [-0.25, -0.2) is 4.99 Å². The summed E-state index contributed by atoms with van der Waals surface area (Å²) < 4.78 is 5.36. The van der Waals surface area contributed by atoms with Crippen molar-refractivity contribution >= 4 is 5.96 Å². The maximum Gasteiger partial charge on any atom is 0.191 e. The van der Waals surface area contributed by atoms with Gasteiger partial charge in [0.05, 0.1) is 6.54 Å². The van der Waals surface area contributed by atoms with Crippen molar-refractivity contribution in [1.29, 1.82) is 0 Å². The second-order valence-electron chi connectivity index (χ2n) is 6.47. The van der Waals surface area contributed by atoms with Crippen LogP contribution in [0, 0.1) is 0 Å². The van der Waals surface area contributed by atoms with Crippen LogP contribution in [0.25, 0.3) is 0 Å². The molecule has 0 spiro atoms. The summed E-state index contributed by atoms with van der Waals surface area (Å²) in [5.41, 5.74) is 2.65. The molecule has 5 heteroatoms. The minimum atomic E-state index is 0.699. The first kappa shape index (κ1) is 19.7. The van der Waals surface area contributed by atoms with Gasteiger partial charge in [0.15, 0.2) is 5.96 Å². The van der Waals surface area contributed by atoms with Gasteiger partial charge in [-0.1, -0.05) is 24.3 Å². The molecule has 0 amide bonds. The van der Waals surface area contributed by atoms with E-state index in [4.69, 9.17) is 4.74 Å². The maximum absolute atomic E-state index is 5.36. The van der Waals surface area contributed by atoms with Crippen LogP contribution in [-0.2, 0) is 17.8 Å². The molecule has 0 unspecified atom stereocenters. The maximum atomic E-state index is 5.36. The number of nitrogens with zero attached hydrogens (tertiary/aromatic N) is 2. The molecule has 2 rings (SSSR count). The van der Waals surface area contributed by atoms with E-state index < -0.39 is 0 Å². The van der Waals surface area contributed by atoms with Gasteiger partial charge < -0.3 is 15.4 Å². The topological polar surface area (TPSA) is 48.9 Å². The second-order valence-corrected chi connectivity index (χ2v) is 6.47. The Hall–Kier alpha value is -1.59. The van der Waals surface area contributed by atoms with Gasteiger partial charge >= 0.3 is 0 Å². The Labute approximate surface area is 152 Å². The third-order valence-electron chi connectivity index (χ3n) is 4.35. The Bertz CT molecular complexity index is 495. The number of guanidine groups is 1. The number of hydrogen-bond acceptors (Lipinski definition) is 3. The molecule has 1 aliphatic rings. The van der Waals surface area contributed by atoms with Crippen molar-refractivity contribution in [3.63, 3.8) is 0 Å². The standard InChI is InChI=1S/C20H34N4O/c1-3-21-20(22-12-7-15-25-4-2)23-16-18-8-10-19(11-9-18)17-24-13-5-6-14-24/h8-11H,3-7,12-17H2,1-2H3,(H2,21,22,23). The van der Waals surface area contributed by atoms with Crippen LogP contribution in [0.5, 0.6) is 0 Å². The van der Waals surface area contributed by atoms with Crippen molar-refractivity contribution in [3.8, 4) is 0 Å². The first-order chi connectivity index (χ1) is 12.3. The number of rotatable bonds is 10. The van der Waals surface area contributed by atoms with E-state index in [-0.39, 0.29) is 0 Å². The Balaban J connectivity index is 1.77. The summed E-state index contributed by atoms with van der Waals surface area (Å²) in [7, 11) is 0. The summed E-state index contributed by atoms with van der Waals surface area (Å²) in [6.07, 6.45) is 3.68. The third kappa shape index (κ3) is 7.88. The van der Waals surface area contributed by atoms with E-state index in [1.54, 1.807) is 0 Å². The Morgan fingerprint density at radius 1 is 1.08 bits per heavy atom. The van der Waals surface area contributed by atoms with Crippen LogP contribution in [0.2, 0.25) is 0 Å². The normalized spacial score (nSPS) is 15.5. The summed E-state index contributed by atoms with van der Waals surface area (Å²) in [6.45, 7) is 11.7. The van der Waals surface area contributed by atoms with Crippen molar-refractivity contribution in [3.05, 3.63) is 35.4 Å². The van der Waals surface area contributed by atoms with Crippen LogP contribution < -0.4 is 10.6 Å². The zero-order valence-corrected chi connectivity index (χ0v) is 15.9. The van der Waals surface area contributed by atoms with Crippen molar-refractivity contribution in [2.45, 2.75) is 46.2 Å². The van der Waals surface area contributed by atoms with Gasteiger partial charge in [0, 0.05) is 32.8 Å². The summed E-state index contributed by atoms with van der Waals surface area (Å²) in [6, 6.07) is 8.89. The molecule has 140 valence electrons. The molecule has 0 bridgehead atoms. The van der Waals surface area contributed by atoms with E-state index in [9.17, 15) is 0 Å². The molecule has 1 saturated heterocycles. The van der Waals surface area contributed by atoms with Crippen LogP contribution in [0.3, 0.4) is 0 Å². The van der Waals surface area contributed by atoms with Gasteiger partial charge in [-0.3, -0.25) is 4.90 Å². The fraction of sp³-hybridized carbons (Fsp3) is 0.650. The van der Waals surface area contributed by atoms with E-state index >= 15 is 0 Å². The van der Waals surface area contributed by atoms with E-state index in [2.05, 4.69) is 51.7 Å². The highest BCUT2D eigenvalue weighted by molar-refractivity contribution is 5.79. The van der Waals surface area contributed by atoms with Crippen LogP contribution >= 0.6 is 0 Å². The number of aliphatic imine (C=N–C) groups is 1. The van der Waals surface area contributed by atoms with Crippen LogP contribution in [0.1, 0.15) is 44.2 Å². The van der Waals surface area contributed by atoms with Crippen molar-refractivity contribution in [2.75, 3.05) is 39.4 Å². The van der Waals surface area contributed by atoms with Gasteiger partial charge in [-0.2, -0.15) is 0 Å². The van der Waals surface area contributed by atoms with E-state index in [1.165, 1.54) is 37.1 Å². The fourth-order valence-electron chi connectivity index (χ4n) is 2.99. The number of hydrogen-bond donors (Lipinski definition) is 2. The summed E-state index contributed by atoms with van der Waals surface area (Å²) >= 11 is 0. The first-order valence-electron chi connectivity index (χ1n) is 9.72. The largest absolute Gasteiger partial charge is 0.382 e.